The summed E-state index contributed by atoms with van der Waals surface area (Å²) in [7, 11) is 1.71. The van der Waals surface area contributed by atoms with Crippen LogP contribution in [0.15, 0.2) is 72.8 Å². The van der Waals surface area contributed by atoms with Crippen molar-refractivity contribution in [2.75, 3.05) is 33.4 Å². The predicted molar refractivity (Wildman–Crippen MR) is 126 cm³/mol. The monoisotopic (exact) mass is 429 g/mol. The first-order chi connectivity index (χ1) is 15.8. The van der Waals surface area contributed by atoms with Crippen LogP contribution in [0.2, 0.25) is 0 Å². The largest absolute Gasteiger partial charge is 0.497 e. The van der Waals surface area contributed by atoms with Gasteiger partial charge in [-0.3, -0.25) is 4.90 Å². The van der Waals surface area contributed by atoms with Gasteiger partial charge in [0.1, 0.15) is 18.1 Å². The number of fused-ring (bicyclic) bond motifs is 1. The molecule has 0 aliphatic carbocycles. The van der Waals surface area contributed by atoms with E-state index in [0.29, 0.717) is 6.61 Å². The van der Waals surface area contributed by atoms with Gasteiger partial charge in [-0.25, -0.2) is 0 Å². The molecule has 0 unspecified atom stereocenters. The molecule has 2 aliphatic heterocycles. The molecular weight excluding hydrogens is 398 g/mol. The van der Waals surface area contributed by atoms with Gasteiger partial charge in [0.15, 0.2) is 0 Å². The molecule has 2 atom stereocenters. The average molecular weight is 430 g/mol. The van der Waals surface area contributed by atoms with E-state index in [0.717, 1.165) is 24.7 Å². The highest BCUT2D eigenvalue weighted by Crippen LogP contribution is 2.45. The first-order valence-electron chi connectivity index (χ1n) is 11.6. The van der Waals surface area contributed by atoms with Gasteiger partial charge in [-0.1, -0.05) is 48.5 Å². The first-order valence-corrected chi connectivity index (χ1v) is 11.6. The Morgan fingerprint density at radius 3 is 2.38 bits per heavy atom. The van der Waals surface area contributed by atoms with E-state index in [-0.39, 0.29) is 12.0 Å². The third-order valence-electron chi connectivity index (χ3n) is 6.65. The van der Waals surface area contributed by atoms with Crippen LogP contribution >= 0.6 is 0 Å². The number of rotatable bonds is 7. The fourth-order valence-electron chi connectivity index (χ4n) is 4.93. The molecule has 1 fully saturated rings. The van der Waals surface area contributed by atoms with Gasteiger partial charge in [0, 0.05) is 12.5 Å². The molecule has 3 aromatic carbocycles. The van der Waals surface area contributed by atoms with E-state index in [4.69, 9.17) is 14.2 Å². The van der Waals surface area contributed by atoms with Crippen molar-refractivity contribution in [2.24, 2.45) is 0 Å². The Balaban J connectivity index is 1.39. The van der Waals surface area contributed by atoms with Gasteiger partial charge in [-0.05, 0) is 72.5 Å². The van der Waals surface area contributed by atoms with Gasteiger partial charge >= 0.3 is 0 Å². The second kappa shape index (κ2) is 9.76. The summed E-state index contributed by atoms with van der Waals surface area (Å²) in [5, 5.41) is 0. The van der Waals surface area contributed by atoms with Gasteiger partial charge in [0.05, 0.1) is 19.8 Å². The lowest BCUT2D eigenvalue weighted by Crippen LogP contribution is -2.25. The van der Waals surface area contributed by atoms with Crippen molar-refractivity contribution in [1.82, 2.24) is 4.90 Å². The third-order valence-corrected chi connectivity index (χ3v) is 6.65. The zero-order chi connectivity index (χ0) is 21.8. The molecule has 2 aliphatic rings. The number of methoxy groups -OCH3 is 1. The molecule has 0 N–H and O–H groups in total. The number of hydrogen-bond donors (Lipinski definition) is 0. The Morgan fingerprint density at radius 2 is 1.62 bits per heavy atom. The van der Waals surface area contributed by atoms with Crippen LogP contribution in [0.1, 0.15) is 47.1 Å². The van der Waals surface area contributed by atoms with Crippen molar-refractivity contribution in [1.29, 1.82) is 0 Å². The summed E-state index contributed by atoms with van der Waals surface area (Å²) in [6.07, 6.45) is 2.60. The number of ether oxygens (including phenoxy) is 3. The van der Waals surface area contributed by atoms with Crippen LogP contribution in [0, 0.1) is 0 Å². The lowest BCUT2D eigenvalue weighted by Gasteiger charge is -2.35. The summed E-state index contributed by atoms with van der Waals surface area (Å²) >= 11 is 0. The lowest BCUT2D eigenvalue weighted by atomic mass is 9.80. The third kappa shape index (κ3) is 4.52. The maximum Gasteiger partial charge on any atom is 0.119 e. The minimum Gasteiger partial charge on any atom is -0.497 e. The van der Waals surface area contributed by atoms with E-state index < -0.39 is 0 Å². The Morgan fingerprint density at radius 1 is 0.875 bits per heavy atom. The van der Waals surface area contributed by atoms with Crippen molar-refractivity contribution in [3.05, 3.63) is 95.1 Å². The summed E-state index contributed by atoms with van der Waals surface area (Å²) in [5.41, 5.74) is 4.92. The predicted octanol–water partition coefficient (Wildman–Crippen LogP) is 5.57. The van der Waals surface area contributed by atoms with Crippen LogP contribution in [0.3, 0.4) is 0 Å². The number of nitrogens with zero attached hydrogens (tertiary/aromatic N) is 1. The zero-order valence-electron chi connectivity index (χ0n) is 18.7. The molecule has 0 spiro atoms. The molecular formula is C28H31NO3. The van der Waals surface area contributed by atoms with Gasteiger partial charge in [-0.15, -0.1) is 0 Å². The van der Waals surface area contributed by atoms with E-state index in [1.807, 2.05) is 0 Å². The molecule has 32 heavy (non-hydrogen) atoms. The van der Waals surface area contributed by atoms with Gasteiger partial charge < -0.3 is 14.2 Å². The average Bonchev–Trinajstić information content (AvgIpc) is 3.37. The first kappa shape index (κ1) is 21.0. The van der Waals surface area contributed by atoms with Crippen LogP contribution in [0.5, 0.6) is 11.5 Å². The smallest absolute Gasteiger partial charge is 0.119 e. The maximum atomic E-state index is 6.42. The van der Waals surface area contributed by atoms with Crippen molar-refractivity contribution in [2.45, 2.75) is 31.5 Å². The molecule has 2 heterocycles. The van der Waals surface area contributed by atoms with Crippen LogP contribution in [-0.2, 0) is 11.3 Å². The highest BCUT2D eigenvalue weighted by molar-refractivity contribution is 5.46. The quantitative estimate of drug-likeness (QED) is 0.491. The van der Waals surface area contributed by atoms with Crippen molar-refractivity contribution >= 4 is 0 Å². The van der Waals surface area contributed by atoms with Crippen molar-refractivity contribution in [3.63, 3.8) is 0 Å². The van der Waals surface area contributed by atoms with Crippen molar-refractivity contribution < 1.29 is 14.2 Å². The number of likely N-dealkylation sites (tertiary alicyclic amines) is 1. The Hall–Kier alpha value is -2.82. The SMILES string of the molecule is COc1ccc2c(c1)CO[C@H](c1ccccc1)[C@@H]2c1ccc(OCCN2CCCC2)cc1. The van der Waals surface area contributed by atoms with Crippen LogP contribution in [0.25, 0.3) is 0 Å². The maximum absolute atomic E-state index is 6.42. The Kier molecular flexibility index (Phi) is 6.42. The summed E-state index contributed by atoms with van der Waals surface area (Å²) in [4.78, 5) is 2.48. The Labute approximate surface area is 190 Å². The highest BCUT2D eigenvalue weighted by Gasteiger charge is 2.33. The van der Waals surface area contributed by atoms with E-state index in [1.165, 1.54) is 48.2 Å². The van der Waals surface area contributed by atoms with Crippen molar-refractivity contribution in [3.8, 4) is 11.5 Å². The molecule has 4 heteroatoms. The molecule has 4 nitrogen and oxygen atoms in total. The van der Waals surface area contributed by atoms with E-state index >= 15 is 0 Å². The highest BCUT2D eigenvalue weighted by atomic mass is 16.5. The summed E-state index contributed by atoms with van der Waals surface area (Å²) < 4.78 is 17.9. The van der Waals surface area contributed by atoms with Gasteiger partial charge in [0.2, 0.25) is 0 Å². The van der Waals surface area contributed by atoms with Gasteiger partial charge in [-0.2, -0.15) is 0 Å². The molecule has 5 rings (SSSR count). The lowest BCUT2D eigenvalue weighted by molar-refractivity contribution is 0.0148. The molecule has 1 saturated heterocycles. The van der Waals surface area contributed by atoms with Crippen LogP contribution < -0.4 is 9.47 Å². The van der Waals surface area contributed by atoms with E-state index in [1.54, 1.807) is 7.11 Å². The molecule has 0 aromatic heterocycles. The van der Waals surface area contributed by atoms with E-state index in [2.05, 4.69) is 77.7 Å². The second-order valence-electron chi connectivity index (χ2n) is 8.65. The Bertz CT molecular complexity index is 1010. The molecule has 0 amide bonds. The summed E-state index contributed by atoms with van der Waals surface area (Å²) in [5.74, 6) is 1.91. The fraction of sp³-hybridized carbons (Fsp3) is 0.357. The summed E-state index contributed by atoms with van der Waals surface area (Å²) in [6.45, 7) is 4.73. The minimum atomic E-state index is -0.0287. The zero-order valence-corrected chi connectivity index (χ0v) is 18.7. The van der Waals surface area contributed by atoms with E-state index in [9.17, 15) is 0 Å². The summed E-state index contributed by atoms with van der Waals surface area (Å²) in [6, 6.07) is 25.4. The van der Waals surface area contributed by atoms with Crippen LogP contribution in [-0.4, -0.2) is 38.3 Å². The number of hydrogen-bond acceptors (Lipinski definition) is 4. The second-order valence-corrected chi connectivity index (χ2v) is 8.65. The van der Waals surface area contributed by atoms with Crippen LogP contribution in [0.4, 0.5) is 0 Å². The van der Waals surface area contributed by atoms with Gasteiger partial charge in [0.25, 0.3) is 0 Å². The number of benzene rings is 3. The normalized spacial score (nSPS) is 20.7. The molecule has 0 saturated carbocycles. The molecule has 0 radical (unpaired) electrons. The topological polar surface area (TPSA) is 30.9 Å². The fourth-order valence-corrected chi connectivity index (χ4v) is 4.93. The molecule has 166 valence electrons. The minimum absolute atomic E-state index is 0.0287. The molecule has 0 bridgehead atoms. The molecule has 3 aromatic rings. The standard InChI is InChI=1S/C28H31NO3/c1-30-25-13-14-26-23(19-25)20-32-28(22-7-3-2-4-8-22)27(26)21-9-11-24(12-10-21)31-18-17-29-15-5-6-16-29/h2-4,7-14,19,27-28H,5-6,15-18,20H2,1H3/t27-,28-/m1/s1.